The quantitative estimate of drug-likeness (QED) is 0.0583. The number of ether oxygens (including phenoxy) is 1. The monoisotopic (exact) mass is 1440 g/mol. The maximum absolute atomic E-state index is 12.9. The molecule has 3 aromatic carbocycles. The SMILES string of the molecule is C.C.CC(C)(C)OC(=O)NCc1cc(CO[Si](C)(C)C(C)(C)C)cc(Cc2ccc3ncc(Cl)cc3c2)n1.CC(C)(C)[Si](C)(C)OCc1cc(C#N)nc(Cc2ccc3ncc(Cl)cc3c2)c1.Cc1cc(N)nc(C)c1CNC(=O)c1cc(CN)nc(Cc2ccc3ncc(Cl)cc3c2)c1. The number of aromatic nitrogens is 7. The summed E-state index contributed by atoms with van der Waals surface area (Å²) < 4.78 is 18.2. The number of hydrogen-bond donors (Lipinski definition) is 4. The number of aryl methyl sites for hydroxylation is 2. The lowest BCUT2D eigenvalue weighted by molar-refractivity contribution is 0.0522. The van der Waals surface area contributed by atoms with E-state index < -0.39 is 28.3 Å². The predicted molar refractivity (Wildman–Crippen MR) is 414 cm³/mol. The van der Waals surface area contributed by atoms with E-state index in [1.807, 2.05) is 107 Å². The number of amides is 2. The minimum absolute atomic E-state index is 0. The van der Waals surface area contributed by atoms with Crippen molar-refractivity contribution in [3.63, 3.8) is 0 Å². The third kappa shape index (κ3) is 23.1. The average Bonchev–Trinajstić information content (AvgIpc) is 0.828. The van der Waals surface area contributed by atoms with E-state index in [-0.39, 0.29) is 43.9 Å². The Labute approximate surface area is 607 Å². The van der Waals surface area contributed by atoms with Crippen LogP contribution in [0.2, 0.25) is 51.3 Å². The van der Waals surface area contributed by atoms with Crippen molar-refractivity contribution in [2.45, 2.75) is 185 Å². The fourth-order valence-corrected chi connectivity index (χ4v) is 12.5. The van der Waals surface area contributed by atoms with Gasteiger partial charge in [-0.05, 0) is 207 Å². The second-order valence-corrected chi connectivity index (χ2v) is 39.5. The minimum atomic E-state index is -1.93. The van der Waals surface area contributed by atoms with E-state index in [1.165, 1.54) is 0 Å². The van der Waals surface area contributed by atoms with E-state index in [1.54, 1.807) is 36.8 Å². The first-order valence-electron chi connectivity index (χ1n) is 32.5. The van der Waals surface area contributed by atoms with Crippen LogP contribution in [-0.2, 0) is 65.7 Å². The van der Waals surface area contributed by atoms with Crippen LogP contribution in [0.1, 0.15) is 166 Å². The van der Waals surface area contributed by atoms with Gasteiger partial charge in [-0.2, -0.15) is 5.26 Å². The first-order chi connectivity index (χ1) is 46.0. The normalized spacial score (nSPS) is 11.7. The highest BCUT2D eigenvalue weighted by atomic mass is 35.5. The Morgan fingerprint density at radius 3 is 1.38 bits per heavy atom. The van der Waals surface area contributed by atoms with Gasteiger partial charge in [0.05, 0.1) is 62.8 Å². The zero-order valence-electron chi connectivity index (χ0n) is 58.8. The number of pyridine rings is 7. The third-order valence-corrected chi connectivity index (χ3v) is 26.9. The second kappa shape index (κ2) is 34.4. The van der Waals surface area contributed by atoms with Gasteiger partial charge in [0.25, 0.3) is 5.91 Å². The number of nitrogen functional groups attached to an aromatic ring is 1. The first kappa shape index (κ1) is 80.7. The summed E-state index contributed by atoms with van der Waals surface area (Å²) in [4.78, 5) is 56.4. The van der Waals surface area contributed by atoms with Gasteiger partial charge < -0.3 is 35.7 Å². The number of carbonyl (C=O) groups is 2. The molecule has 0 fully saturated rings. The van der Waals surface area contributed by atoms with Crippen LogP contribution < -0.4 is 22.1 Å². The highest BCUT2D eigenvalue weighted by Crippen LogP contribution is 2.39. The first-order valence-corrected chi connectivity index (χ1v) is 39.4. The van der Waals surface area contributed by atoms with Gasteiger partial charge in [0.2, 0.25) is 0 Å². The number of carbonyl (C=O) groups excluding carboxylic acids is 2. The standard InChI is InChI=1S/C28H38ClN3O3Si.C25H25ClN6O.C23H26ClN3OSi.2CH4/c1-27(2,3)35-26(33)31-17-24-14-20(18-34-36(7,8)28(4,5)6)13-23(32-24)12-19-9-10-25-21(11-19)15-22(29)16-30-25;1-14-5-24(28)31-15(2)22(14)13-30-25(33)18-9-20(32-21(10-18)11-27)7-16-3-4-23-17(6-16)8-19(26)12-29-23;1-23(2,3)29(4,5)28-15-17-10-20(27-21(11-17)13-25)9-16-6-7-22-18(8-16)12-19(24)14-26-22;;/h9-11,13-16H,12,17-18H2,1-8H3,(H,31,33);3-6,8-10,12H,7,11,13,27H2,1-2H3,(H2,28,31)(H,30,33);6-8,10-12,14H,9,15H2,1-5H3;2*1H4. The number of nitrogens with two attached hydrogens (primary N) is 2. The zero-order valence-corrected chi connectivity index (χ0v) is 63.0. The summed E-state index contributed by atoms with van der Waals surface area (Å²) in [6, 6.07) is 39.4. The molecule has 10 aromatic rings. The van der Waals surface area contributed by atoms with Crippen molar-refractivity contribution in [1.29, 1.82) is 5.26 Å². The van der Waals surface area contributed by atoms with Crippen LogP contribution >= 0.6 is 34.8 Å². The van der Waals surface area contributed by atoms with Crippen LogP contribution in [0.3, 0.4) is 0 Å². The van der Waals surface area contributed by atoms with E-state index >= 15 is 0 Å². The van der Waals surface area contributed by atoms with E-state index in [4.69, 9.17) is 64.8 Å². The average molecular weight is 1450 g/mol. The van der Waals surface area contributed by atoms with E-state index in [2.05, 4.69) is 139 Å². The number of nitrogens with zero attached hydrogens (tertiary/aromatic N) is 8. The molecule has 10 rings (SSSR count). The zero-order chi connectivity index (χ0) is 71.5. The Morgan fingerprint density at radius 2 is 0.950 bits per heavy atom. The molecule has 0 saturated carbocycles. The fraction of sp³-hybridized carbons (Fsp3) is 0.359. The largest absolute Gasteiger partial charge is 0.444 e. The number of alkyl carbamates (subject to hydrolysis) is 1. The van der Waals surface area contributed by atoms with Crippen molar-refractivity contribution < 1.29 is 23.2 Å². The van der Waals surface area contributed by atoms with Crippen LogP contribution in [0, 0.1) is 25.2 Å². The van der Waals surface area contributed by atoms with Crippen molar-refractivity contribution in [3.8, 4) is 6.07 Å². The topological polar surface area (TPSA) is 252 Å². The summed E-state index contributed by atoms with van der Waals surface area (Å²) in [5.41, 5.74) is 26.7. The molecule has 2 amide bonds. The Hall–Kier alpha value is -8.30. The molecule has 528 valence electrons. The molecule has 22 heteroatoms. The summed E-state index contributed by atoms with van der Waals surface area (Å²) in [6.07, 6.45) is 6.28. The number of fused-ring (bicyclic) bond motifs is 3. The van der Waals surface area contributed by atoms with Crippen molar-refractivity contribution in [3.05, 3.63) is 233 Å². The number of nitrogens with one attached hydrogen (secondary N) is 2. The summed E-state index contributed by atoms with van der Waals surface area (Å²) in [5, 5.41) is 20.2. The highest BCUT2D eigenvalue weighted by Gasteiger charge is 2.38. The summed E-state index contributed by atoms with van der Waals surface area (Å²) in [5.74, 6) is 0.275. The van der Waals surface area contributed by atoms with Gasteiger partial charge >= 0.3 is 6.09 Å². The number of nitriles is 1. The Kier molecular flexibility index (Phi) is 27.7. The number of rotatable bonds is 18. The van der Waals surface area contributed by atoms with Gasteiger partial charge in [-0.1, -0.05) is 109 Å². The van der Waals surface area contributed by atoms with Crippen LogP contribution in [-0.4, -0.2) is 69.1 Å². The molecule has 0 unspecified atom stereocenters. The molecule has 0 atom stereocenters. The van der Waals surface area contributed by atoms with Crippen molar-refractivity contribution in [2.24, 2.45) is 5.73 Å². The molecule has 0 radical (unpaired) electrons. The Balaban J connectivity index is 0.000000235. The van der Waals surface area contributed by atoms with Gasteiger partial charge in [0, 0.05) is 95.4 Å². The van der Waals surface area contributed by atoms with Crippen molar-refractivity contribution in [1.82, 2.24) is 45.5 Å². The Morgan fingerprint density at radius 1 is 0.530 bits per heavy atom. The van der Waals surface area contributed by atoms with Crippen molar-refractivity contribution >= 4 is 102 Å². The minimum Gasteiger partial charge on any atom is -0.444 e. The van der Waals surface area contributed by atoms with Crippen LogP contribution in [0.5, 0.6) is 0 Å². The van der Waals surface area contributed by atoms with Gasteiger partial charge in [0.15, 0.2) is 16.6 Å². The van der Waals surface area contributed by atoms with E-state index in [0.717, 1.165) is 100 Å². The smallest absolute Gasteiger partial charge is 0.407 e. The lowest BCUT2D eigenvalue weighted by atomic mass is 10.0. The molecular weight excluding hydrogens is 1350 g/mol. The molecular formula is C78H97Cl3N12O5Si2. The highest BCUT2D eigenvalue weighted by molar-refractivity contribution is 6.74. The molecule has 0 aliphatic carbocycles. The number of hydrogen-bond acceptors (Lipinski definition) is 15. The number of halogens is 3. The molecule has 7 aromatic heterocycles. The molecule has 0 spiro atoms. The molecule has 17 nitrogen and oxygen atoms in total. The van der Waals surface area contributed by atoms with E-state index in [9.17, 15) is 14.9 Å². The maximum Gasteiger partial charge on any atom is 0.407 e. The van der Waals surface area contributed by atoms with Gasteiger partial charge in [-0.25, -0.2) is 14.8 Å². The molecule has 7 heterocycles. The summed E-state index contributed by atoms with van der Waals surface area (Å²) >= 11 is 18.3. The lowest BCUT2D eigenvalue weighted by Gasteiger charge is -2.36. The molecule has 100 heavy (non-hydrogen) atoms. The molecule has 0 saturated heterocycles. The summed E-state index contributed by atoms with van der Waals surface area (Å²) in [6.45, 7) is 33.5. The number of anilines is 1. The van der Waals surface area contributed by atoms with Crippen LogP contribution in [0.25, 0.3) is 32.7 Å². The van der Waals surface area contributed by atoms with E-state index in [0.29, 0.717) is 76.9 Å². The van der Waals surface area contributed by atoms with Crippen molar-refractivity contribution in [2.75, 3.05) is 5.73 Å². The molecule has 0 aliphatic rings. The molecule has 6 N–H and O–H groups in total. The van der Waals surface area contributed by atoms with Gasteiger partial charge in [-0.15, -0.1) is 0 Å². The summed E-state index contributed by atoms with van der Waals surface area (Å²) in [7, 11) is -3.79. The van der Waals surface area contributed by atoms with Gasteiger partial charge in [-0.3, -0.25) is 29.7 Å². The molecule has 0 bridgehead atoms. The fourth-order valence-electron chi connectivity index (χ4n) is 10.1. The Bertz CT molecular complexity index is 4560. The van der Waals surface area contributed by atoms with Crippen LogP contribution in [0.4, 0.5) is 10.6 Å². The number of benzene rings is 3. The van der Waals surface area contributed by atoms with Gasteiger partial charge in [0.1, 0.15) is 23.2 Å². The second-order valence-electron chi connectivity index (χ2n) is 28.6. The van der Waals surface area contributed by atoms with Crippen LogP contribution in [0.15, 0.2) is 134 Å². The third-order valence-electron chi connectivity index (χ3n) is 17.4. The predicted octanol–water partition coefficient (Wildman–Crippen LogP) is 18.8. The molecule has 0 aliphatic heterocycles. The maximum atomic E-state index is 12.9. The lowest BCUT2D eigenvalue weighted by Crippen LogP contribution is -2.40.